The molecular weight excluding hydrogens is 971 g/mol. The molecule has 2 atom stereocenters. The summed E-state index contributed by atoms with van der Waals surface area (Å²) in [6.07, 6.45) is 89.1. The van der Waals surface area contributed by atoms with E-state index in [2.05, 4.69) is 55.6 Å². The van der Waals surface area contributed by atoms with Gasteiger partial charge in [-0.25, -0.2) is 0 Å². The van der Waals surface area contributed by atoms with Crippen LogP contribution in [0.15, 0.2) is 48.6 Å². The van der Waals surface area contributed by atoms with E-state index in [1.54, 1.807) is 6.08 Å². The topological polar surface area (TPSA) is 95.9 Å². The van der Waals surface area contributed by atoms with Crippen LogP contribution in [0.4, 0.5) is 0 Å². The first-order valence-corrected chi connectivity index (χ1v) is 35.4. The van der Waals surface area contributed by atoms with Gasteiger partial charge in [0.1, 0.15) is 0 Å². The second-order valence-electron chi connectivity index (χ2n) is 24.2. The fourth-order valence-corrected chi connectivity index (χ4v) is 10.9. The van der Waals surface area contributed by atoms with Gasteiger partial charge in [-0.15, -0.1) is 0 Å². The smallest absolute Gasteiger partial charge is 0.305 e. The number of allylic oxidation sites excluding steroid dienone is 7. The molecule has 1 amide bonds. The second-order valence-corrected chi connectivity index (χ2v) is 24.2. The van der Waals surface area contributed by atoms with E-state index >= 15 is 0 Å². The lowest BCUT2D eigenvalue weighted by molar-refractivity contribution is -0.143. The highest BCUT2D eigenvalue weighted by molar-refractivity contribution is 5.76. The van der Waals surface area contributed by atoms with Crippen molar-refractivity contribution in [1.82, 2.24) is 5.32 Å². The number of unbranched alkanes of at least 4 members (excludes halogenated alkanes) is 49. The summed E-state index contributed by atoms with van der Waals surface area (Å²) in [5.74, 6) is -0.0605. The fourth-order valence-electron chi connectivity index (χ4n) is 10.9. The summed E-state index contributed by atoms with van der Waals surface area (Å²) < 4.78 is 5.49. The van der Waals surface area contributed by atoms with Crippen LogP contribution in [0.3, 0.4) is 0 Å². The Morgan fingerprint density at radius 1 is 0.354 bits per heavy atom. The third kappa shape index (κ3) is 64.8. The van der Waals surface area contributed by atoms with Crippen LogP contribution in [-0.2, 0) is 14.3 Å². The Kier molecular flexibility index (Phi) is 66.4. The van der Waals surface area contributed by atoms with Gasteiger partial charge in [-0.05, 0) is 89.9 Å². The number of rotatable bonds is 66. The highest BCUT2D eigenvalue weighted by Gasteiger charge is 2.18. The van der Waals surface area contributed by atoms with Crippen LogP contribution >= 0.6 is 0 Å². The summed E-state index contributed by atoms with van der Waals surface area (Å²) in [5.41, 5.74) is 0. The first-order chi connectivity index (χ1) is 39.0. The van der Waals surface area contributed by atoms with Gasteiger partial charge in [-0.3, -0.25) is 9.59 Å². The Hall–Kier alpha value is -2.18. The standard InChI is InChI=1S/C73H137NO5/c1-3-5-7-9-11-13-15-17-19-38-41-45-49-53-57-61-65-71(76)70(69-75)74-72(77)66-62-58-54-50-46-42-39-35-33-31-29-27-25-23-21-20-22-24-26-28-30-32-34-36-40-44-48-52-56-60-64-68-79-73(78)67-63-59-55-51-47-43-37-18-16-14-12-10-8-6-4-2/h12,14,18,22,24,37,61,65,70-71,75-76H,3-11,13,15-17,19-21,23,25-36,38-60,62-64,66-69H2,1-2H3,(H,74,77)/b14-12-,24-22-,37-18-,65-61+. The van der Waals surface area contributed by atoms with E-state index in [9.17, 15) is 19.8 Å². The first kappa shape index (κ1) is 76.8. The maximum atomic E-state index is 12.5. The van der Waals surface area contributed by atoms with Crippen LogP contribution in [0.2, 0.25) is 0 Å². The van der Waals surface area contributed by atoms with Gasteiger partial charge >= 0.3 is 5.97 Å². The van der Waals surface area contributed by atoms with Gasteiger partial charge in [-0.2, -0.15) is 0 Å². The van der Waals surface area contributed by atoms with Gasteiger partial charge in [-0.1, -0.05) is 326 Å². The van der Waals surface area contributed by atoms with Gasteiger partial charge < -0.3 is 20.3 Å². The fraction of sp³-hybridized carbons (Fsp3) is 0.863. The van der Waals surface area contributed by atoms with Crippen molar-refractivity contribution in [2.45, 2.75) is 392 Å². The summed E-state index contributed by atoms with van der Waals surface area (Å²) >= 11 is 0. The average Bonchev–Trinajstić information content (AvgIpc) is 3.45. The maximum Gasteiger partial charge on any atom is 0.305 e. The van der Waals surface area contributed by atoms with Crippen LogP contribution in [0.5, 0.6) is 0 Å². The number of hydrogen-bond acceptors (Lipinski definition) is 5. The predicted molar refractivity (Wildman–Crippen MR) is 347 cm³/mol. The number of ether oxygens (including phenoxy) is 1. The first-order valence-electron chi connectivity index (χ1n) is 35.4. The Balaban J connectivity index is 3.38. The average molecular weight is 1110 g/mol. The van der Waals surface area contributed by atoms with Crippen molar-refractivity contribution in [2.24, 2.45) is 0 Å². The number of aliphatic hydroxyl groups is 2. The number of hydrogen-bond donors (Lipinski definition) is 3. The molecule has 0 spiro atoms. The van der Waals surface area contributed by atoms with Crippen LogP contribution in [0.25, 0.3) is 0 Å². The molecule has 79 heavy (non-hydrogen) atoms. The molecule has 0 aromatic rings. The van der Waals surface area contributed by atoms with Crippen molar-refractivity contribution in [3.63, 3.8) is 0 Å². The minimum atomic E-state index is -0.843. The molecule has 0 aliphatic heterocycles. The Morgan fingerprint density at radius 2 is 0.633 bits per heavy atom. The molecule has 0 aromatic heterocycles. The molecule has 0 bridgehead atoms. The zero-order valence-corrected chi connectivity index (χ0v) is 53.1. The molecule has 0 radical (unpaired) electrons. The molecule has 0 saturated heterocycles. The number of aliphatic hydroxyl groups excluding tert-OH is 2. The summed E-state index contributed by atoms with van der Waals surface area (Å²) in [6, 6.07) is -0.627. The maximum absolute atomic E-state index is 12.5. The molecule has 3 N–H and O–H groups in total. The third-order valence-electron chi connectivity index (χ3n) is 16.3. The third-order valence-corrected chi connectivity index (χ3v) is 16.3. The normalized spacial score (nSPS) is 12.8. The van der Waals surface area contributed by atoms with Crippen molar-refractivity contribution in [2.75, 3.05) is 13.2 Å². The lowest BCUT2D eigenvalue weighted by Crippen LogP contribution is -2.45. The quantitative estimate of drug-likeness (QED) is 0.0320. The lowest BCUT2D eigenvalue weighted by atomic mass is 10.0. The van der Waals surface area contributed by atoms with Gasteiger partial charge in [0.2, 0.25) is 5.91 Å². The second kappa shape index (κ2) is 68.3. The van der Waals surface area contributed by atoms with Crippen LogP contribution < -0.4 is 5.32 Å². The minimum Gasteiger partial charge on any atom is -0.466 e. The Morgan fingerprint density at radius 3 is 1.00 bits per heavy atom. The van der Waals surface area contributed by atoms with E-state index < -0.39 is 12.1 Å². The minimum absolute atomic E-state index is 0.00339. The zero-order valence-electron chi connectivity index (χ0n) is 53.1. The van der Waals surface area contributed by atoms with E-state index in [0.29, 0.717) is 19.4 Å². The van der Waals surface area contributed by atoms with Crippen LogP contribution in [0.1, 0.15) is 380 Å². The Labute approximate surface area is 493 Å². The molecule has 0 saturated carbocycles. The Bertz CT molecular complexity index is 1320. The van der Waals surface area contributed by atoms with Crippen LogP contribution in [0, 0.1) is 0 Å². The van der Waals surface area contributed by atoms with Gasteiger partial charge in [0.25, 0.3) is 0 Å². The van der Waals surface area contributed by atoms with Crippen molar-refractivity contribution >= 4 is 11.9 Å². The van der Waals surface area contributed by atoms with Crippen LogP contribution in [-0.4, -0.2) is 47.4 Å². The molecule has 0 aromatic carbocycles. The van der Waals surface area contributed by atoms with E-state index in [0.717, 1.165) is 51.4 Å². The monoisotopic (exact) mass is 1110 g/mol. The van der Waals surface area contributed by atoms with Crippen molar-refractivity contribution in [1.29, 1.82) is 0 Å². The predicted octanol–water partition coefficient (Wildman–Crippen LogP) is 22.9. The zero-order chi connectivity index (χ0) is 57.1. The highest BCUT2D eigenvalue weighted by atomic mass is 16.5. The molecule has 464 valence electrons. The number of amides is 1. The summed E-state index contributed by atoms with van der Waals surface area (Å²) in [6.45, 7) is 4.90. The number of esters is 1. The molecule has 0 rings (SSSR count). The molecule has 0 fully saturated rings. The van der Waals surface area contributed by atoms with E-state index in [4.69, 9.17) is 4.74 Å². The van der Waals surface area contributed by atoms with Crippen molar-refractivity contribution in [3.8, 4) is 0 Å². The SMILES string of the molecule is CCCCC/C=C\C/C=C\CCCCCCCC(=O)OCCCCCCCCCCCCCC/C=C\CCCCCCCCCCCCCCCCCC(=O)NC(CO)C(O)/C=C/CCCCCCCCCCCCCCCC. The molecular formula is C73H137NO5. The highest BCUT2D eigenvalue weighted by Crippen LogP contribution is 2.18. The molecule has 6 heteroatoms. The molecule has 6 nitrogen and oxygen atoms in total. The molecule has 0 aliphatic rings. The molecule has 0 aliphatic carbocycles. The summed E-state index contributed by atoms with van der Waals surface area (Å²) in [5, 5.41) is 23.2. The largest absolute Gasteiger partial charge is 0.466 e. The molecule has 2 unspecified atom stereocenters. The van der Waals surface area contributed by atoms with E-state index in [-0.39, 0.29) is 18.5 Å². The van der Waals surface area contributed by atoms with E-state index in [1.165, 1.54) is 302 Å². The van der Waals surface area contributed by atoms with E-state index in [1.807, 2.05) is 6.08 Å². The number of carbonyl (C=O) groups excluding carboxylic acids is 2. The number of nitrogens with one attached hydrogen (secondary N) is 1. The van der Waals surface area contributed by atoms with Gasteiger partial charge in [0.05, 0.1) is 25.4 Å². The summed E-state index contributed by atoms with van der Waals surface area (Å²) in [7, 11) is 0. The van der Waals surface area contributed by atoms with Gasteiger partial charge in [0.15, 0.2) is 0 Å². The lowest BCUT2D eigenvalue weighted by Gasteiger charge is -2.20. The van der Waals surface area contributed by atoms with Crippen molar-refractivity contribution < 1.29 is 24.5 Å². The number of carbonyl (C=O) groups is 2. The van der Waals surface area contributed by atoms with Gasteiger partial charge in [0, 0.05) is 12.8 Å². The molecule has 0 heterocycles. The van der Waals surface area contributed by atoms with Crippen molar-refractivity contribution in [3.05, 3.63) is 48.6 Å². The summed E-state index contributed by atoms with van der Waals surface area (Å²) in [4.78, 5) is 24.6.